The van der Waals surface area contributed by atoms with Gasteiger partial charge in [-0.15, -0.1) is 0 Å². The van der Waals surface area contributed by atoms with Gasteiger partial charge in [0.15, 0.2) is 5.60 Å². The average Bonchev–Trinajstić information content (AvgIpc) is 3.15. The molecule has 0 aliphatic carbocycles. The summed E-state index contributed by atoms with van der Waals surface area (Å²) in [4.78, 5) is 15.4. The molecule has 0 radical (unpaired) electrons. The largest absolute Gasteiger partial charge is 0.442 e. The van der Waals surface area contributed by atoms with Gasteiger partial charge in [-0.1, -0.05) is 40.9 Å². The third kappa shape index (κ3) is 2.82. The molecule has 0 amide bonds. The van der Waals surface area contributed by atoms with E-state index in [1.807, 2.05) is 16.8 Å². The Morgan fingerprint density at radius 3 is 2.77 bits per heavy atom. The summed E-state index contributed by atoms with van der Waals surface area (Å²) in [7, 11) is 0. The van der Waals surface area contributed by atoms with Crippen LogP contribution < -0.4 is 4.67 Å². The summed E-state index contributed by atoms with van der Waals surface area (Å²) in [5.41, 5.74) is 2.76. The van der Waals surface area contributed by atoms with Crippen LogP contribution in [-0.4, -0.2) is 42.4 Å². The van der Waals surface area contributed by atoms with Crippen molar-refractivity contribution in [2.75, 3.05) is 13.1 Å². The highest BCUT2D eigenvalue weighted by molar-refractivity contribution is 7.08. The number of thiophene rings is 1. The second kappa shape index (κ2) is 6.84. The lowest BCUT2D eigenvalue weighted by Gasteiger charge is -2.58. The van der Waals surface area contributed by atoms with E-state index in [4.69, 9.17) is 4.74 Å². The Hall–Kier alpha value is -2.20. The predicted molar refractivity (Wildman–Crippen MR) is 106 cm³/mol. The number of esters is 1. The molecule has 0 saturated carbocycles. The Balaban J connectivity index is 1.67. The number of hydrogen-bond donors (Lipinski definition) is 0. The number of hydrogen-bond acceptors (Lipinski definition) is 4. The maximum atomic E-state index is 13.0. The van der Waals surface area contributed by atoms with Gasteiger partial charge in [0.25, 0.3) is 6.72 Å². The number of carbonyl (C=O) groups excluding carboxylic acids is 1. The van der Waals surface area contributed by atoms with Crippen molar-refractivity contribution in [2.24, 2.45) is 0 Å². The van der Waals surface area contributed by atoms with Crippen molar-refractivity contribution in [2.45, 2.75) is 37.8 Å². The molecule has 1 aromatic heterocycles. The monoisotopic (exact) mass is 367 g/mol. The van der Waals surface area contributed by atoms with Crippen LogP contribution >= 0.6 is 11.3 Å². The molecule has 1 aromatic carbocycles. The maximum absolute atomic E-state index is 13.0. The van der Waals surface area contributed by atoms with E-state index >= 15 is 0 Å². The van der Waals surface area contributed by atoms with Crippen molar-refractivity contribution in [1.29, 1.82) is 0 Å². The van der Waals surface area contributed by atoms with E-state index in [2.05, 4.69) is 47.5 Å². The Morgan fingerprint density at radius 2 is 2.12 bits per heavy atom. The van der Waals surface area contributed by atoms with Gasteiger partial charge in [0, 0.05) is 11.9 Å². The number of nitrogens with zero attached hydrogens (tertiary/aromatic N) is 2. The van der Waals surface area contributed by atoms with E-state index in [1.54, 1.807) is 0 Å². The standard InChI is InChI=1S/C21H23N2O2S/c1-15-6-8-17(9-7-15)21(14-23-11-4-3-5-18(21)23)25-20(24)19(22-2)16-10-12-26-13-16/h6-10,12-13,18H,2-5,11,14H2,1H3/q+1/t18-,21+/m0/s1. The predicted octanol–water partition coefficient (Wildman–Crippen LogP) is 2.92. The van der Waals surface area contributed by atoms with E-state index < -0.39 is 5.60 Å². The molecule has 0 spiro atoms. The van der Waals surface area contributed by atoms with Gasteiger partial charge in [-0.2, -0.15) is 11.3 Å². The average molecular weight is 367 g/mol. The summed E-state index contributed by atoms with van der Waals surface area (Å²) in [6.07, 6.45) is 3.44. The van der Waals surface area contributed by atoms with E-state index in [0.29, 0.717) is 5.71 Å². The van der Waals surface area contributed by atoms with Crippen LogP contribution in [0.2, 0.25) is 0 Å². The molecule has 2 saturated heterocycles. The van der Waals surface area contributed by atoms with Crippen LogP contribution in [0, 0.1) is 6.92 Å². The third-order valence-electron chi connectivity index (χ3n) is 5.55. The molecular formula is C21H23N2O2S+. The van der Waals surface area contributed by atoms with Gasteiger partial charge in [0.2, 0.25) is 0 Å². The number of ether oxygens (including phenoxy) is 1. The first-order valence-corrected chi connectivity index (χ1v) is 9.99. The van der Waals surface area contributed by atoms with Crippen LogP contribution in [0.3, 0.4) is 0 Å². The smallest absolute Gasteiger partial charge is 0.424 e. The van der Waals surface area contributed by atoms with Crippen LogP contribution in [0.4, 0.5) is 0 Å². The quantitative estimate of drug-likeness (QED) is 0.474. The lowest BCUT2D eigenvalue weighted by Crippen LogP contribution is -2.70. The van der Waals surface area contributed by atoms with Crippen LogP contribution in [0.25, 0.3) is 0 Å². The van der Waals surface area contributed by atoms with Gasteiger partial charge in [0.1, 0.15) is 0 Å². The zero-order chi connectivity index (χ0) is 18.1. The van der Waals surface area contributed by atoms with Gasteiger partial charge < -0.3 is 4.74 Å². The van der Waals surface area contributed by atoms with Crippen LogP contribution in [0.5, 0.6) is 0 Å². The molecular weight excluding hydrogens is 344 g/mol. The second-order valence-electron chi connectivity index (χ2n) is 7.15. The number of fused-ring (bicyclic) bond motifs is 1. The lowest BCUT2D eigenvalue weighted by atomic mass is 9.73. The van der Waals surface area contributed by atoms with Crippen molar-refractivity contribution >= 4 is 29.7 Å². The first-order valence-electron chi connectivity index (χ1n) is 9.05. The Bertz CT molecular complexity index is 853. The summed E-state index contributed by atoms with van der Waals surface area (Å²) < 4.78 is 10.2. The normalized spacial score (nSPS) is 24.9. The highest BCUT2D eigenvalue weighted by Gasteiger charge is 2.58. The second-order valence-corrected chi connectivity index (χ2v) is 7.93. The van der Waals surface area contributed by atoms with E-state index in [1.165, 1.54) is 29.7 Å². The van der Waals surface area contributed by atoms with Gasteiger partial charge in [0.05, 0.1) is 11.6 Å². The first-order chi connectivity index (χ1) is 12.6. The molecule has 134 valence electrons. The fourth-order valence-corrected chi connectivity index (χ4v) is 4.81. The van der Waals surface area contributed by atoms with Gasteiger partial charge >= 0.3 is 11.7 Å². The highest BCUT2D eigenvalue weighted by Crippen LogP contribution is 2.46. The summed E-state index contributed by atoms with van der Waals surface area (Å²) in [6, 6.07) is 10.5. The Labute approximate surface area is 157 Å². The number of carbonyl (C=O) groups is 1. The SMILES string of the molecule is C=[N+]=C(C(=O)O[C@@]1(c2ccc(C)cc2)CN2CCCC[C@H]21)c1ccsc1. The summed E-state index contributed by atoms with van der Waals surface area (Å²) in [5.74, 6) is -0.385. The number of benzene rings is 1. The molecule has 2 aliphatic rings. The van der Waals surface area contributed by atoms with Crippen LogP contribution in [0.15, 0.2) is 41.1 Å². The molecule has 2 aliphatic heterocycles. The highest BCUT2D eigenvalue weighted by atomic mass is 32.1. The molecule has 4 rings (SSSR count). The fraction of sp³-hybridized carbons (Fsp3) is 0.381. The molecule has 2 aromatic rings. The van der Waals surface area contributed by atoms with Crippen molar-refractivity contribution in [3.8, 4) is 0 Å². The molecule has 3 heterocycles. The summed E-state index contributed by atoms with van der Waals surface area (Å²) >= 11 is 1.53. The minimum Gasteiger partial charge on any atom is -0.442 e. The summed E-state index contributed by atoms with van der Waals surface area (Å²) in [6.45, 7) is 7.48. The van der Waals surface area contributed by atoms with Crippen molar-refractivity contribution in [3.63, 3.8) is 0 Å². The lowest BCUT2D eigenvalue weighted by molar-refractivity contribution is -0.205. The molecule has 4 nitrogen and oxygen atoms in total. The maximum Gasteiger partial charge on any atom is 0.424 e. The molecule has 0 N–H and O–H groups in total. The minimum atomic E-state index is -0.586. The number of rotatable bonds is 4. The molecule has 2 fully saturated rings. The topological polar surface area (TPSA) is 43.6 Å². The van der Waals surface area contributed by atoms with Crippen LogP contribution in [0.1, 0.15) is 36.0 Å². The van der Waals surface area contributed by atoms with Crippen molar-refractivity contribution in [3.05, 3.63) is 57.8 Å². The van der Waals surface area contributed by atoms with E-state index in [-0.39, 0.29) is 12.0 Å². The summed E-state index contributed by atoms with van der Waals surface area (Å²) in [5, 5.41) is 3.83. The number of piperidine rings is 1. The minimum absolute atomic E-state index is 0.247. The fourth-order valence-electron chi connectivity index (χ4n) is 4.17. The van der Waals surface area contributed by atoms with Gasteiger partial charge in [-0.05, 0) is 43.3 Å². The van der Waals surface area contributed by atoms with Crippen LogP contribution in [-0.2, 0) is 15.1 Å². The molecule has 26 heavy (non-hydrogen) atoms. The zero-order valence-corrected chi connectivity index (χ0v) is 15.8. The molecule has 0 unspecified atom stereocenters. The third-order valence-corrected chi connectivity index (χ3v) is 6.23. The van der Waals surface area contributed by atoms with Crippen molar-refractivity contribution < 1.29 is 9.53 Å². The van der Waals surface area contributed by atoms with E-state index in [9.17, 15) is 4.79 Å². The van der Waals surface area contributed by atoms with Gasteiger partial charge in [-0.25, -0.2) is 4.79 Å². The van der Waals surface area contributed by atoms with Gasteiger partial charge in [-0.3, -0.25) is 4.90 Å². The Morgan fingerprint density at radius 1 is 1.31 bits per heavy atom. The zero-order valence-electron chi connectivity index (χ0n) is 15.0. The molecule has 5 heteroatoms. The Kier molecular flexibility index (Phi) is 4.53. The van der Waals surface area contributed by atoms with E-state index in [0.717, 1.165) is 30.6 Å². The number of aryl methyl sites for hydroxylation is 1. The van der Waals surface area contributed by atoms with Crippen molar-refractivity contribution in [1.82, 2.24) is 9.57 Å². The molecule has 0 bridgehead atoms. The molecule has 2 atom stereocenters. The first kappa shape index (κ1) is 17.2.